The third-order valence-corrected chi connectivity index (χ3v) is 4.84. The molecule has 0 heterocycles. The minimum absolute atomic E-state index is 0.0614. The van der Waals surface area contributed by atoms with E-state index in [0.29, 0.717) is 0 Å². The molecule has 0 spiro atoms. The van der Waals surface area contributed by atoms with E-state index in [1.165, 1.54) is 32.1 Å². The summed E-state index contributed by atoms with van der Waals surface area (Å²) in [6, 6.07) is 0. The van der Waals surface area contributed by atoms with E-state index >= 15 is 0 Å². The number of methoxy groups -OCH3 is 1. The minimum atomic E-state index is 0.0614. The van der Waals surface area contributed by atoms with Crippen molar-refractivity contribution in [3.8, 4) is 0 Å². The fourth-order valence-electron chi connectivity index (χ4n) is 4.85. The lowest BCUT2D eigenvalue weighted by Crippen LogP contribution is -2.66. The van der Waals surface area contributed by atoms with Crippen molar-refractivity contribution >= 4 is 5.96 Å². The highest BCUT2D eigenvalue weighted by Gasteiger charge is 2.58. The third-order valence-electron chi connectivity index (χ3n) is 4.84. The second-order valence-corrected chi connectivity index (χ2v) is 6.17. The zero-order chi connectivity index (χ0) is 11.4. The lowest BCUT2D eigenvalue weighted by atomic mass is 9.51. The van der Waals surface area contributed by atoms with Crippen LogP contribution in [0.15, 0.2) is 0 Å². The van der Waals surface area contributed by atoms with Gasteiger partial charge >= 0.3 is 0 Å². The summed E-state index contributed by atoms with van der Waals surface area (Å²) in [6.07, 6.45) is 7.15. The van der Waals surface area contributed by atoms with Gasteiger partial charge in [0.25, 0.3) is 0 Å². The van der Waals surface area contributed by atoms with Crippen molar-refractivity contribution in [3.05, 3.63) is 0 Å². The summed E-state index contributed by atoms with van der Waals surface area (Å²) < 4.78 is 5.81. The van der Waals surface area contributed by atoms with Crippen LogP contribution >= 0.6 is 0 Å². The topological polar surface area (TPSA) is 71.1 Å². The smallest absolute Gasteiger partial charge is 0.186 e. The van der Waals surface area contributed by atoms with E-state index in [1.807, 2.05) is 7.11 Å². The van der Waals surface area contributed by atoms with Gasteiger partial charge in [0.15, 0.2) is 5.96 Å². The maximum atomic E-state index is 7.48. The molecule has 4 rings (SSSR count). The van der Waals surface area contributed by atoms with E-state index in [9.17, 15) is 0 Å². The predicted molar refractivity (Wildman–Crippen MR) is 62.2 cm³/mol. The molecule has 0 unspecified atom stereocenters. The zero-order valence-corrected chi connectivity index (χ0v) is 9.88. The van der Waals surface area contributed by atoms with Crippen molar-refractivity contribution in [2.24, 2.45) is 17.6 Å². The van der Waals surface area contributed by atoms with Crippen LogP contribution in [-0.4, -0.2) is 24.2 Å². The number of rotatable bonds is 2. The van der Waals surface area contributed by atoms with Gasteiger partial charge in [0, 0.05) is 12.6 Å². The highest BCUT2D eigenvalue weighted by molar-refractivity contribution is 5.75. The summed E-state index contributed by atoms with van der Waals surface area (Å²) in [7, 11) is 1.84. The Morgan fingerprint density at radius 1 is 1.31 bits per heavy atom. The Labute approximate surface area is 96.4 Å². The van der Waals surface area contributed by atoms with E-state index in [1.54, 1.807) is 0 Å². The molecule has 0 aliphatic heterocycles. The minimum Gasteiger partial charge on any atom is -0.378 e. The molecule has 90 valence electrons. The average molecular weight is 223 g/mol. The van der Waals surface area contributed by atoms with Crippen molar-refractivity contribution in [2.45, 2.75) is 49.7 Å². The van der Waals surface area contributed by atoms with Gasteiger partial charge in [-0.1, -0.05) is 0 Å². The maximum Gasteiger partial charge on any atom is 0.186 e. The highest BCUT2D eigenvalue weighted by atomic mass is 16.5. The summed E-state index contributed by atoms with van der Waals surface area (Å²) in [5, 5.41) is 10.7. The first-order valence-electron chi connectivity index (χ1n) is 6.22. The Bertz CT molecular complexity index is 314. The zero-order valence-electron chi connectivity index (χ0n) is 9.88. The molecular weight excluding hydrogens is 202 g/mol. The van der Waals surface area contributed by atoms with E-state index in [-0.39, 0.29) is 17.1 Å². The van der Waals surface area contributed by atoms with E-state index in [0.717, 1.165) is 18.3 Å². The van der Waals surface area contributed by atoms with Gasteiger partial charge in [-0.05, 0) is 50.4 Å². The first-order chi connectivity index (χ1) is 7.55. The van der Waals surface area contributed by atoms with Gasteiger partial charge in [-0.2, -0.15) is 0 Å². The quantitative estimate of drug-likeness (QED) is 0.486. The first kappa shape index (κ1) is 10.4. The molecular formula is C12H21N3O. The normalized spacial score (nSPS) is 49.3. The Hall–Kier alpha value is -0.770. The number of ether oxygens (including phenoxy) is 1. The predicted octanol–water partition coefficient (Wildman–Crippen LogP) is 1.21. The van der Waals surface area contributed by atoms with Gasteiger partial charge in [0.2, 0.25) is 0 Å². The second kappa shape index (κ2) is 3.13. The van der Waals surface area contributed by atoms with Crippen molar-refractivity contribution in [1.29, 1.82) is 5.41 Å². The Kier molecular flexibility index (Phi) is 2.03. The van der Waals surface area contributed by atoms with Crippen LogP contribution < -0.4 is 11.1 Å². The third kappa shape index (κ3) is 1.43. The van der Waals surface area contributed by atoms with Gasteiger partial charge in [-0.3, -0.25) is 5.41 Å². The van der Waals surface area contributed by atoms with Gasteiger partial charge in [0.05, 0.1) is 5.60 Å². The largest absolute Gasteiger partial charge is 0.378 e. The molecule has 4 nitrogen and oxygen atoms in total. The summed E-state index contributed by atoms with van der Waals surface area (Å²) in [4.78, 5) is 0. The van der Waals surface area contributed by atoms with Crippen LogP contribution in [0.1, 0.15) is 38.5 Å². The van der Waals surface area contributed by atoms with Gasteiger partial charge in [-0.25, -0.2) is 0 Å². The van der Waals surface area contributed by atoms with Gasteiger partial charge in [-0.15, -0.1) is 0 Å². The second-order valence-electron chi connectivity index (χ2n) is 6.17. The average Bonchev–Trinajstić information content (AvgIpc) is 2.13. The molecule has 0 aromatic carbocycles. The van der Waals surface area contributed by atoms with E-state index in [2.05, 4.69) is 5.32 Å². The first-order valence-corrected chi connectivity index (χ1v) is 6.22. The van der Waals surface area contributed by atoms with E-state index in [4.69, 9.17) is 15.9 Å². The van der Waals surface area contributed by atoms with Crippen LogP contribution in [-0.2, 0) is 4.74 Å². The monoisotopic (exact) mass is 223 g/mol. The van der Waals surface area contributed by atoms with Crippen LogP contribution in [0.2, 0.25) is 0 Å². The van der Waals surface area contributed by atoms with Crippen molar-refractivity contribution in [3.63, 3.8) is 0 Å². The molecule has 4 bridgehead atoms. The summed E-state index contributed by atoms with van der Waals surface area (Å²) >= 11 is 0. The summed E-state index contributed by atoms with van der Waals surface area (Å²) in [5.41, 5.74) is 5.67. The molecule has 4 fully saturated rings. The van der Waals surface area contributed by atoms with Gasteiger partial charge < -0.3 is 15.8 Å². The summed E-state index contributed by atoms with van der Waals surface area (Å²) in [6.45, 7) is 0. The molecule has 0 aromatic rings. The molecule has 4 N–H and O–H groups in total. The molecule has 16 heavy (non-hydrogen) atoms. The van der Waals surface area contributed by atoms with Gasteiger partial charge in [0.1, 0.15) is 0 Å². The number of nitrogens with one attached hydrogen (secondary N) is 2. The SMILES string of the molecule is CO[C@]12C[C@@H]3C[C@H](C[C@](NC(=N)N)(C3)C1)C2. The number of nitrogens with two attached hydrogens (primary N) is 1. The standard InChI is InChI=1S/C12H21N3O/c1-16-12-5-8-2-9(6-12)4-11(3-8,7-12)15-10(13)14/h8-9H,2-7H2,1H3,(H4,13,14,15)/t8-,9-,11-,12+/m1/s1. The molecule has 2 atom stereocenters. The van der Waals surface area contributed by atoms with Crippen molar-refractivity contribution < 1.29 is 4.74 Å². The van der Waals surface area contributed by atoms with Crippen LogP contribution in [0.4, 0.5) is 0 Å². The molecule has 4 aliphatic carbocycles. The fourth-order valence-corrected chi connectivity index (χ4v) is 4.85. The fraction of sp³-hybridized carbons (Fsp3) is 0.917. The molecule has 4 aliphatic rings. The van der Waals surface area contributed by atoms with Crippen LogP contribution in [0.5, 0.6) is 0 Å². The van der Waals surface area contributed by atoms with Crippen LogP contribution in [0, 0.1) is 17.2 Å². The Morgan fingerprint density at radius 2 is 1.94 bits per heavy atom. The Morgan fingerprint density at radius 3 is 2.44 bits per heavy atom. The molecule has 0 radical (unpaired) electrons. The maximum absolute atomic E-state index is 7.48. The van der Waals surface area contributed by atoms with Crippen LogP contribution in [0.3, 0.4) is 0 Å². The molecule has 0 amide bonds. The highest BCUT2D eigenvalue weighted by Crippen LogP contribution is 2.58. The van der Waals surface area contributed by atoms with Crippen molar-refractivity contribution in [1.82, 2.24) is 5.32 Å². The van der Waals surface area contributed by atoms with Crippen molar-refractivity contribution in [2.75, 3.05) is 7.11 Å². The number of hydrogen-bond acceptors (Lipinski definition) is 2. The summed E-state index contributed by atoms with van der Waals surface area (Å²) in [5.74, 6) is 1.66. The Balaban J connectivity index is 1.89. The van der Waals surface area contributed by atoms with E-state index < -0.39 is 0 Å². The molecule has 4 heteroatoms. The molecule has 4 saturated carbocycles. The van der Waals surface area contributed by atoms with Crippen LogP contribution in [0.25, 0.3) is 0 Å². The molecule has 0 saturated heterocycles. The number of hydrogen-bond donors (Lipinski definition) is 3. The molecule has 0 aromatic heterocycles. The lowest BCUT2D eigenvalue weighted by Gasteiger charge is -2.61. The number of guanidine groups is 1. The lowest BCUT2D eigenvalue weighted by molar-refractivity contribution is -0.157.